The standard InChI is InChI=1S/C22H24FNO4/c1-21(2,26)17-9-8-15(12-18(17)23)20(25)24-11-10-22(16-6-4-3-5-7-16)19(13-24)27-14-28-22/h3-9,12,19,26H,10-11,13-14H2,1-2H3. The van der Waals surface area contributed by atoms with E-state index in [4.69, 9.17) is 9.47 Å². The Hall–Kier alpha value is -2.28. The first kappa shape index (κ1) is 19.1. The van der Waals surface area contributed by atoms with Crippen LogP contribution < -0.4 is 0 Å². The molecule has 2 saturated heterocycles. The van der Waals surface area contributed by atoms with Crippen molar-refractivity contribution in [3.05, 3.63) is 71.0 Å². The van der Waals surface area contributed by atoms with Gasteiger partial charge in [0.25, 0.3) is 5.91 Å². The van der Waals surface area contributed by atoms with Crippen LogP contribution in [0.2, 0.25) is 0 Å². The molecular formula is C22H24FNO4. The number of carbonyl (C=O) groups is 1. The molecule has 5 nitrogen and oxygen atoms in total. The number of halogens is 1. The van der Waals surface area contributed by atoms with Crippen molar-refractivity contribution >= 4 is 5.91 Å². The highest BCUT2D eigenvalue weighted by atomic mass is 19.1. The third kappa shape index (κ3) is 3.21. The number of hydrogen-bond donors (Lipinski definition) is 1. The first-order valence-corrected chi connectivity index (χ1v) is 9.44. The van der Waals surface area contributed by atoms with E-state index in [1.807, 2.05) is 30.3 Å². The molecule has 0 bridgehead atoms. The minimum Gasteiger partial charge on any atom is -0.386 e. The molecule has 0 spiro atoms. The van der Waals surface area contributed by atoms with Crippen molar-refractivity contribution in [1.29, 1.82) is 0 Å². The van der Waals surface area contributed by atoms with E-state index in [2.05, 4.69) is 0 Å². The number of nitrogens with zero attached hydrogens (tertiary/aromatic N) is 1. The Morgan fingerprint density at radius 2 is 2.00 bits per heavy atom. The second-order valence-corrected chi connectivity index (χ2v) is 7.93. The molecule has 2 fully saturated rings. The largest absolute Gasteiger partial charge is 0.386 e. The molecule has 2 aromatic rings. The first-order chi connectivity index (χ1) is 13.3. The third-order valence-corrected chi connectivity index (χ3v) is 5.67. The summed E-state index contributed by atoms with van der Waals surface area (Å²) in [6.45, 7) is 4.08. The van der Waals surface area contributed by atoms with Crippen molar-refractivity contribution in [2.75, 3.05) is 19.9 Å². The number of aliphatic hydroxyl groups is 1. The lowest BCUT2D eigenvalue weighted by Crippen LogP contribution is -2.53. The highest BCUT2D eigenvalue weighted by Gasteiger charge is 2.51. The van der Waals surface area contributed by atoms with E-state index >= 15 is 0 Å². The maximum atomic E-state index is 14.4. The summed E-state index contributed by atoms with van der Waals surface area (Å²) in [6.07, 6.45) is 0.339. The molecule has 2 aliphatic heterocycles. The number of fused-ring (bicyclic) bond motifs is 1. The second kappa shape index (κ2) is 6.95. The van der Waals surface area contributed by atoms with E-state index in [0.717, 1.165) is 5.56 Å². The number of rotatable bonds is 3. The van der Waals surface area contributed by atoms with E-state index in [1.165, 1.54) is 26.0 Å². The molecule has 4 rings (SSSR count). The Morgan fingerprint density at radius 1 is 1.25 bits per heavy atom. The minimum atomic E-state index is -1.30. The van der Waals surface area contributed by atoms with Gasteiger partial charge in [0, 0.05) is 24.1 Å². The van der Waals surface area contributed by atoms with Gasteiger partial charge < -0.3 is 19.5 Å². The molecule has 2 atom stereocenters. The first-order valence-electron chi connectivity index (χ1n) is 9.44. The summed E-state index contributed by atoms with van der Waals surface area (Å²) in [5.74, 6) is -0.840. The van der Waals surface area contributed by atoms with Crippen LogP contribution in [0.25, 0.3) is 0 Å². The fraction of sp³-hybridized carbons (Fsp3) is 0.409. The molecule has 2 heterocycles. The molecule has 1 amide bonds. The quantitative estimate of drug-likeness (QED) is 0.882. The van der Waals surface area contributed by atoms with Gasteiger partial charge in [0.2, 0.25) is 0 Å². The minimum absolute atomic E-state index is 0.165. The average Bonchev–Trinajstić information content (AvgIpc) is 3.11. The summed E-state index contributed by atoms with van der Waals surface area (Å²) >= 11 is 0. The normalized spacial score (nSPS) is 24.9. The van der Waals surface area contributed by atoms with Gasteiger partial charge in [-0.25, -0.2) is 4.39 Å². The van der Waals surface area contributed by atoms with Crippen molar-refractivity contribution in [3.63, 3.8) is 0 Å². The Balaban J connectivity index is 1.55. The molecule has 2 aliphatic rings. The molecular weight excluding hydrogens is 361 g/mol. The van der Waals surface area contributed by atoms with Crippen LogP contribution in [0.3, 0.4) is 0 Å². The monoisotopic (exact) mass is 385 g/mol. The van der Waals surface area contributed by atoms with E-state index in [9.17, 15) is 14.3 Å². The van der Waals surface area contributed by atoms with Crippen LogP contribution in [0, 0.1) is 5.82 Å². The van der Waals surface area contributed by atoms with Crippen LogP contribution >= 0.6 is 0 Å². The molecule has 28 heavy (non-hydrogen) atoms. The van der Waals surface area contributed by atoms with Crippen LogP contribution in [0.15, 0.2) is 48.5 Å². The maximum Gasteiger partial charge on any atom is 0.254 e. The van der Waals surface area contributed by atoms with E-state index in [0.29, 0.717) is 19.5 Å². The van der Waals surface area contributed by atoms with Crippen LogP contribution in [0.4, 0.5) is 4.39 Å². The number of benzene rings is 2. The van der Waals surface area contributed by atoms with Gasteiger partial charge in [0.15, 0.2) is 0 Å². The number of likely N-dealkylation sites (tertiary alicyclic amines) is 1. The molecule has 1 N–H and O–H groups in total. The molecule has 0 radical (unpaired) electrons. The van der Waals surface area contributed by atoms with Gasteiger partial charge in [0.05, 0.1) is 12.1 Å². The molecule has 0 saturated carbocycles. The third-order valence-electron chi connectivity index (χ3n) is 5.67. The molecule has 148 valence electrons. The molecule has 0 aromatic heterocycles. The molecule has 6 heteroatoms. The summed E-state index contributed by atoms with van der Waals surface area (Å²) in [5.41, 5.74) is -0.380. The van der Waals surface area contributed by atoms with Gasteiger partial charge in [-0.05, 0) is 31.5 Å². The zero-order valence-electron chi connectivity index (χ0n) is 16.0. The Bertz CT molecular complexity index is 880. The van der Waals surface area contributed by atoms with Gasteiger partial charge in [-0.15, -0.1) is 0 Å². The fourth-order valence-electron chi connectivity index (χ4n) is 4.12. The number of carbonyl (C=O) groups excluding carboxylic acids is 1. The second-order valence-electron chi connectivity index (χ2n) is 7.93. The Labute approximate surface area is 163 Å². The molecule has 2 aromatic carbocycles. The SMILES string of the molecule is CC(C)(O)c1ccc(C(=O)N2CCC3(c4ccccc4)OCOC3C2)cc1F. The van der Waals surface area contributed by atoms with E-state index in [1.54, 1.807) is 11.0 Å². The van der Waals surface area contributed by atoms with Crippen LogP contribution in [0.5, 0.6) is 0 Å². The predicted molar refractivity (Wildman–Crippen MR) is 101 cm³/mol. The summed E-state index contributed by atoms with van der Waals surface area (Å²) in [5, 5.41) is 10.0. The number of piperidine rings is 1. The van der Waals surface area contributed by atoms with Gasteiger partial charge in [0.1, 0.15) is 24.3 Å². The predicted octanol–water partition coefficient (Wildman–Crippen LogP) is 3.17. The highest BCUT2D eigenvalue weighted by Crippen LogP contribution is 2.42. The average molecular weight is 385 g/mol. The number of ether oxygens (including phenoxy) is 2. The van der Waals surface area contributed by atoms with Crippen molar-refractivity contribution < 1.29 is 23.8 Å². The molecule has 0 aliphatic carbocycles. The lowest BCUT2D eigenvalue weighted by Gasteiger charge is -2.42. The molecule has 2 unspecified atom stereocenters. The summed E-state index contributed by atoms with van der Waals surface area (Å²) < 4.78 is 26.2. The van der Waals surface area contributed by atoms with Crippen molar-refractivity contribution in [3.8, 4) is 0 Å². The Kier molecular flexibility index (Phi) is 4.73. The number of amides is 1. The maximum absolute atomic E-state index is 14.4. The summed E-state index contributed by atoms with van der Waals surface area (Å²) in [6, 6.07) is 14.1. The van der Waals surface area contributed by atoms with Crippen LogP contribution in [0.1, 0.15) is 41.8 Å². The zero-order valence-corrected chi connectivity index (χ0v) is 16.0. The highest BCUT2D eigenvalue weighted by molar-refractivity contribution is 5.94. The van der Waals surface area contributed by atoms with Crippen LogP contribution in [-0.4, -0.2) is 41.9 Å². The number of hydrogen-bond acceptors (Lipinski definition) is 4. The zero-order chi connectivity index (χ0) is 19.9. The van der Waals surface area contributed by atoms with Crippen molar-refractivity contribution in [2.24, 2.45) is 0 Å². The summed E-state index contributed by atoms with van der Waals surface area (Å²) in [7, 11) is 0. The Morgan fingerprint density at radius 3 is 2.68 bits per heavy atom. The fourth-order valence-corrected chi connectivity index (χ4v) is 4.12. The van der Waals surface area contributed by atoms with E-state index < -0.39 is 17.0 Å². The summed E-state index contributed by atoms with van der Waals surface area (Å²) in [4.78, 5) is 14.6. The van der Waals surface area contributed by atoms with Crippen molar-refractivity contribution in [1.82, 2.24) is 4.90 Å². The van der Waals surface area contributed by atoms with Gasteiger partial charge in [-0.1, -0.05) is 36.4 Å². The van der Waals surface area contributed by atoms with Gasteiger partial charge >= 0.3 is 0 Å². The van der Waals surface area contributed by atoms with Crippen LogP contribution in [-0.2, 0) is 20.7 Å². The van der Waals surface area contributed by atoms with Gasteiger partial charge in [-0.2, -0.15) is 0 Å². The van der Waals surface area contributed by atoms with Crippen molar-refractivity contribution in [2.45, 2.75) is 37.6 Å². The lowest BCUT2D eigenvalue weighted by atomic mass is 9.82. The van der Waals surface area contributed by atoms with E-state index in [-0.39, 0.29) is 29.9 Å². The topological polar surface area (TPSA) is 59.0 Å². The lowest BCUT2D eigenvalue weighted by molar-refractivity contribution is -0.0439. The smallest absolute Gasteiger partial charge is 0.254 e. The van der Waals surface area contributed by atoms with Gasteiger partial charge in [-0.3, -0.25) is 4.79 Å².